The Morgan fingerprint density at radius 2 is 1.94 bits per heavy atom. The Balaban J connectivity index is 1.77. The fourth-order valence-corrected chi connectivity index (χ4v) is 3.66. The summed E-state index contributed by atoms with van der Waals surface area (Å²) in [5.41, 5.74) is 6.34. The molecule has 2 nitrogen and oxygen atoms in total. The second-order valence-corrected chi connectivity index (χ2v) is 6.52. The van der Waals surface area contributed by atoms with E-state index in [0.717, 1.165) is 23.7 Å². The van der Waals surface area contributed by atoms with Gasteiger partial charge in [0, 0.05) is 12.6 Å². The standard InChI is InChI=1S/C14H28N2/c1-10(2)6-7-16(3)9-13-11-4-5-12(8-11)14(13)15/h10-14H,4-9,15H2,1-3H3. The van der Waals surface area contributed by atoms with E-state index in [1.165, 1.54) is 38.8 Å². The number of nitrogens with two attached hydrogens (primary N) is 1. The highest BCUT2D eigenvalue weighted by atomic mass is 15.1. The molecule has 0 saturated heterocycles. The van der Waals surface area contributed by atoms with Gasteiger partial charge in [-0.25, -0.2) is 0 Å². The highest BCUT2D eigenvalue weighted by molar-refractivity contribution is 4.99. The molecule has 0 spiro atoms. The van der Waals surface area contributed by atoms with Crippen LogP contribution in [0.5, 0.6) is 0 Å². The van der Waals surface area contributed by atoms with Crippen LogP contribution in [0.3, 0.4) is 0 Å². The number of hydrogen-bond donors (Lipinski definition) is 1. The Kier molecular flexibility index (Phi) is 3.91. The maximum absolute atomic E-state index is 6.34. The van der Waals surface area contributed by atoms with E-state index in [0.29, 0.717) is 6.04 Å². The molecule has 94 valence electrons. The molecule has 0 aliphatic heterocycles. The Morgan fingerprint density at radius 3 is 2.50 bits per heavy atom. The van der Waals surface area contributed by atoms with Crippen molar-refractivity contribution in [2.24, 2.45) is 29.4 Å². The quantitative estimate of drug-likeness (QED) is 0.776. The predicted molar refractivity (Wildman–Crippen MR) is 69.2 cm³/mol. The molecular formula is C14H28N2. The highest BCUT2D eigenvalue weighted by Crippen LogP contribution is 2.47. The fraction of sp³-hybridized carbons (Fsp3) is 1.00. The fourth-order valence-electron chi connectivity index (χ4n) is 3.66. The molecule has 0 aromatic heterocycles. The van der Waals surface area contributed by atoms with Crippen molar-refractivity contribution in [2.45, 2.75) is 45.6 Å². The molecule has 2 aliphatic rings. The molecule has 2 rings (SSSR count). The summed E-state index contributed by atoms with van der Waals surface area (Å²) in [5, 5.41) is 0. The Hall–Kier alpha value is -0.0800. The molecule has 2 saturated carbocycles. The van der Waals surface area contributed by atoms with Crippen molar-refractivity contribution in [3.8, 4) is 0 Å². The van der Waals surface area contributed by atoms with Gasteiger partial charge in [-0.05, 0) is 62.9 Å². The molecule has 2 aliphatic carbocycles. The van der Waals surface area contributed by atoms with Gasteiger partial charge in [-0.3, -0.25) is 0 Å². The number of nitrogens with zero attached hydrogens (tertiary/aromatic N) is 1. The largest absolute Gasteiger partial charge is 0.327 e. The van der Waals surface area contributed by atoms with Crippen molar-refractivity contribution in [2.75, 3.05) is 20.1 Å². The van der Waals surface area contributed by atoms with Gasteiger partial charge in [0.05, 0.1) is 0 Å². The molecule has 0 heterocycles. The average Bonchev–Trinajstić information content (AvgIpc) is 2.79. The van der Waals surface area contributed by atoms with Crippen LogP contribution in [-0.2, 0) is 0 Å². The zero-order valence-electron chi connectivity index (χ0n) is 11.2. The van der Waals surface area contributed by atoms with Gasteiger partial charge in [-0.1, -0.05) is 13.8 Å². The molecular weight excluding hydrogens is 196 g/mol. The summed E-state index contributed by atoms with van der Waals surface area (Å²) in [6.45, 7) is 7.07. The first kappa shape index (κ1) is 12.4. The van der Waals surface area contributed by atoms with Crippen molar-refractivity contribution < 1.29 is 0 Å². The first-order valence-electron chi connectivity index (χ1n) is 7.02. The van der Waals surface area contributed by atoms with Crippen LogP contribution in [0.1, 0.15) is 39.5 Å². The lowest BCUT2D eigenvalue weighted by Crippen LogP contribution is -2.42. The summed E-state index contributed by atoms with van der Waals surface area (Å²) in [5.74, 6) is 3.40. The van der Waals surface area contributed by atoms with Gasteiger partial charge in [0.1, 0.15) is 0 Å². The highest BCUT2D eigenvalue weighted by Gasteiger charge is 2.45. The molecule has 2 fully saturated rings. The van der Waals surface area contributed by atoms with Crippen LogP contribution in [0.2, 0.25) is 0 Å². The maximum atomic E-state index is 6.34. The summed E-state index contributed by atoms with van der Waals surface area (Å²) in [6, 6.07) is 0.500. The predicted octanol–water partition coefficient (Wildman–Crippen LogP) is 2.34. The van der Waals surface area contributed by atoms with Crippen molar-refractivity contribution in [3.05, 3.63) is 0 Å². The minimum absolute atomic E-state index is 0.500. The average molecular weight is 224 g/mol. The summed E-state index contributed by atoms with van der Waals surface area (Å²) in [7, 11) is 2.26. The van der Waals surface area contributed by atoms with E-state index in [-0.39, 0.29) is 0 Å². The molecule has 2 heteroatoms. The molecule has 2 N–H and O–H groups in total. The number of fused-ring (bicyclic) bond motifs is 2. The van der Waals surface area contributed by atoms with E-state index >= 15 is 0 Å². The van der Waals surface area contributed by atoms with E-state index in [9.17, 15) is 0 Å². The second-order valence-electron chi connectivity index (χ2n) is 6.52. The molecule has 16 heavy (non-hydrogen) atoms. The smallest absolute Gasteiger partial charge is 0.0111 e. The van der Waals surface area contributed by atoms with Crippen LogP contribution in [0.25, 0.3) is 0 Å². The Labute approximate surface area is 101 Å². The van der Waals surface area contributed by atoms with Crippen molar-refractivity contribution in [1.29, 1.82) is 0 Å². The van der Waals surface area contributed by atoms with Crippen LogP contribution in [0.15, 0.2) is 0 Å². The van der Waals surface area contributed by atoms with Gasteiger partial charge in [0.15, 0.2) is 0 Å². The SMILES string of the molecule is CC(C)CCN(C)CC1C2CCC(C2)C1N. The van der Waals surface area contributed by atoms with E-state index in [4.69, 9.17) is 5.73 Å². The monoisotopic (exact) mass is 224 g/mol. The lowest BCUT2D eigenvalue weighted by atomic mass is 9.84. The topological polar surface area (TPSA) is 29.3 Å². The first-order valence-corrected chi connectivity index (χ1v) is 7.02. The van der Waals surface area contributed by atoms with E-state index in [2.05, 4.69) is 25.8 Å². The molecule has 4 atom stereocenters. The second kappa shape index (κ2) is 5.05. The third-order valence-corrected chi connectivity index (χ3v) is 4.77. The third kappa shape index (κ3) is 2.60. The zero-order valence-corrected chi connectivity index (χ0v) is 11.2. The summed E-state index contributed by atoms with van der Waals surface area (Å²) < 4.78 is 0. The lowest BCUT2D eigenvalue weighted by Gasteiger charge is -2.32. The van der Waals surface area contributed by atoms with Crippen LogP contribution in [-0.4, -0.2) is 31.1 Å². The van der Waals surface area contributed by atoms with Crippen LogP contribution >= 0.6 is 0 Å². The molecule has 4 unspecified atom stereocenters. The van der Waals surface area contributed by atoms with Gasteiger partial charge in [0.2, 0.25) is 0 Å². The zero-order chi connectivity index (χ0) is 11.7. The lowest BCUT2D eigenvalue weighted by molar-refractivity contribution is 0.193. The Bertz CT molecular complexity index is 225. The van der Waals surface area contributed by atoms with E-state index in [1.54, 1.807) is 0 Å². The normalized spacial score (nSPS) is 37.9. The summed E-state index contributed by atoms with van der Waals surface area (Å²) in [6.07, 6.45) is 5.58. The maximum Gasteiger partial charge on any atom is 0.0111 e. The summed E-state index contributed by atoms with van der Waals surface area (Å²) >= 11 is 0. The van der Waals surface area contributed by atoms with Gasteiger partial charge in [-0.15, -0.1) is 0 Å². The Morgan fingerprint density at radius 1 is 1.25 bits per heavy atom. The van der Waals surface area contributed by atoms with Gasteiger partial charge < -0.3 is 10.6 Å². The number of hydrogen-bond acceptors (Lipinski definition) is 2. The minimum Gasteiger partial charge on any atom is -0.327 e. The molecule has 0 amide bonds. The van der Waals surface area contributed by atoms with Crippen molar-refractivity contribution in [1.82, 2.24) is 4.90 Å². The molecule has 0 aromatic carbocycles. The first-order chi connectivity index (χ1) is 7.58. The minimum atomic E-state index is 0.500. The number of rotatable bonds is 5. The van der Waals surface area contributed by atoms with Gasteiger partial charge >= 0.3 is 0 Å². The van der Waals surface area contributed by atoms with E-state index < -0.39 is 0 Å². The molecule has 0 radical (unpaired) electrons. The van der Waals surface area contributed by atoms with Crippen LogP contribution in [0, 0.1) is 23.7 Å². The van der Waals surface area contributed by atoms with Crippen molar-refractivity contribution in [3.63, 3.8) is 0 Å². The summed E-state index contributed by atoms with van der Waals surface area (Å²) in [4.78, 5) is 2.51. The third-order valence-electron chi connectivity index (χ3n) is 4.77. The van der Waals surface area contributed by atoms with Gasteiger partial charge in [-0.2, -0.15) is 0 Å². The van der Waals surface area contributed by atoms with Gasteiger partial charge in [0.25, 0.3) is 0 Å². The van der Waals surface area contributed by atoms with E-state index in [1.807, 2.05) is 0 Å². The molecule has 0 aromatic rings. The molecule has 2 bridgehead atoms. The van der Waals surface area contributed by atoms with Crippen LogP contribution < -0.4 is 5.73 Å². The van der Waals surface area contributed by atoms with Crippen LogP contribution in [0.4, 0.5) is 0 Å². The van der Waals surface area contributed by atoms with Crippen molar-refractivity contribution >= 4 is 0 Å².